The Morgan fingerprint density at radius 1 is 1.18 bits per heavy atom. The molecule has 0 spiro atoms. The third kappa shape index (κ3) is 2.01. The number of rotatable bonds is 2. The summed E-state index contributed by atoms with van der Waals surface area (Å²) in [5, 5.41) is 0. The maximum Gasteiger partial charge on any atom is 0.0445 e. The van der Waals surface area contributed by atoms with Gasteiger partial charge >= 0.3 is 0 Å². The summed E-state index contributed by atoms with van der Waals surface area (Å²) in [4.78, 5) is 0. The van der Waals surface area contributed by atoms with Crippen molar-refractivity contribution in [2.24, 2.45) is 17.6 Å². The van der Waals surface area contributed by atoms with Gasteiger partial charge in [0.1, 0.15) is 0 Å². The maximum absolute atomic E-state index is 6.61. The van der Waals surface area contributed by atoms with Crippen molar-refractivity contribution in [3.05, 3.63) is 35.4 Å². The molecule has 0 aliphatic heterocycles. The Morgan fingerprint density at radius 3 is 2.65 bits per heavy atom. The molecule has 1 heteroatoms. The van der Waals surface area contributed by atoms with Crippen molar-refractivity contribution in [3.8, 4) is 0 Å². The van der Waals surface area contributed by atoms with E-state index in [9.17, 15) is 0 Å². The Kier molecular flexibility index (Phi) is 2.74. The van der Waals surface area contributed by atoms with Crippen molar-refractivity contribution in [1.29, 1.82) is 0 Å². The van der Waals surface area contributed by atoms with E-state index in [-0.39, 0.29) is 5.54 Å². The van der Waals surface area contributed by atoms with Crippen LogP contribution >= 0.6 is 0 Å². The highest BCUT2D eigenvalue weighted by atomic mass is 14.9. The molecule has 1 aromatic carbocycles. The largest absolute Gasteiger partial charge is 0.321 e. The topological polar surface area (TPSA) is 26.0 Å². The first kappa shape index (κ1) is 11.3. The summed E-state index contributed by atoms with van der Waals surface area (Å²) in [6.45, 7) is 2.16. The van der Waals surface area contributed by atoms with E-state index < -0.39 is 0 Å². The standard InChI is InChI=1S/C16H23N/c1-12-6-5-9-14(10-12)16(17)11-15(16)13-7-3-2-4-8-13/h5-6,9-10,13,15H,2-4,7-8,11,17H2,1H3. The van der Waals surface area contributed by atoms with Crippen LogP contribution in [0.25, 0.3) is 0 Å². The van der Waals surface area contributed by atoms with Gasteiger partial charge in [-0.15, -0.1) is 0 Å². The number of hydrogen-bond donors (Lipinski definition) is 1. The number of aryl methyl sites for hydroxylation is 1. The normalized spacial score (nSPS) is 33.6. The molecule has 0 bridgehead atoms. The predicted molar refractivity (Wildman–Crippen MR) is 71.7 cm³/mol. The zero-order valence-corrected chi connectivity index (χ0v) is 10.8. The zero-order valence-electron chi connectivity index (χ0n) is 10.8. The third-order valence-corrected chi connectivity index (χ3v) is 4.83. The molecule has 0 amide bonds. The molecule has 2 saturated carbocycles. The second-order valence-electron chi connectivity index (χ2n) is 6.12. The summed E-state index contributed by atoms with van der Waals surface area (Å²) in [6.07, 6.45) is 8.31. The van der Waals surface area contributed by atoms with E-state index in [1.54, 1.807) is 0 Å². The summed E-state index contributed by atoms with van der Waals surface area (Å²) in [5.41, 5.74) is 9.32. The molecule has 2 N–H and O–H groups in total. The fourth-order valence-corrected chi connectivity index (χ4v) is 3.70. The first-order valence-corrected chi connectivity index (χ1v) is 7.06. The lowest BCUT2D eigenvalue weighted by molar-refractivity contribution is 0.302. The molecule has 2 aliphatic carbocycles. The average molecular weight is 229 g/mol. The molecule has 92 valence electrons. The highest BCUT2D eigenvalue weighted by molar-refractivity contribution is 5.35. The molecule has 0 heterocycles. The van der Waals surface area contributed by atoms with E-state index in [4.69, 9.17) is 5.73 Å². The SMILES string of the molecule is Cc1cccc(C2(N)CC2C2CCCCC2)c1. The van der Waals surface area contributed by atoms with Gasteiger partial charge in [-0.3, -0.25) is 0 Å². The lowest BCUT2D eigenvalue weighted by atomic mass is 9.83. The van der Waals surface area contributed by atoms with E-state index in [0.717, 1.165) is 11.8 Å². The number of nitrogens with two attached hydrogens (primary N) is 1. The second-order valence-corrected chi connectivity index (χ2v) is 6.12. The van der Waals surface area contributed by atoms with Gasteiger partial charge < -0.3 is 5.73 Å². The van der Waals surface area contributed by atoms with E-state index in [2.05, 4.69) is 31.2 Å². The predicted octanol–water partition coefficient (Wildman–Crippen LogP) is 3.75. The molecule has 2 atom stereocenters. The van der Waals surface area contributed by atoms with Gasteiger partial charge in [-0.25, -0.2) is 0 Å². The molecule has 2 unspecified atom stereocenters. The third-order valence-electron chi connectivity index (χ3n) is 4.83. The minimum Gasteiger partial charge on any atom is -0.321 e. The lowest BCUT2D eigenvalue weighted by Crippen LogP contribution is -2.26. The molecule has 0 radical (unpaired) electrons. The number of hydrogen-bond acceptors (Lipinski definition) is 1. The highest BCUT2D eigenvalue weighted by Crippen LogP contribution is 2.56. The van der Waals surface area contributed by atoms with Crippen LogP contribution < -0.4 is 5.73 Å². The van der Waals surface area contributed by atoms with Gasteiger partial charge in [-0.1, -0.05) is 61.9 Å². The van der Waals surface area contributed by atoms with Gasteiger partial charge in [0.15, 0.2) is 0 Å². The summed E-state index contributed by atoms with van der Waals surface area (Å²) >= 11 is 0. The van der Waals surface area contributed by atoms with Gasteiger partial charge in [0.25, 0.3) is 0 Å². The van der Waals surface area contributed by atoms with E-state index >= 15 is 0 Å². The Hall–Kier alpha value is -0.820. The molecule has 1 nitrogen and oxygen atoms in total. The molecule has 2 aliphatic rings. The van der Waals surface area contributed by atoms with Crippen LogP contribution in [0.5, 0.6) is 0 Å². The molecule has 3 rings (SSSR count). The second kappa shape index (κ2) is 4.13. The van der Waals surface area contributed by atoms with Crippen LogP contribution in [0.4, 0.5) is 0 Å². The molecular formula is C16H23N. The molecule has 17 heavy (non-hydrogen) atoms. The van der Waals surface area contributed by atoms with Gasteiger partial charge in [-0.2, -0.15) is 0 Å². The van der Waals surface area contributed by atoms with Crippen LogP contribution in [0, 0.1) is 18.8 Å². The summed E-state index contributed by atoms with van der Waals surface area (Å²) in [5.74, 6) is 1.65. The molecule has 2 fully saturated rings. The summed E-state index contributed by atoms with van der Waals surface area (Å²) in [6, 6.07) is 8.80. The van der Waals surface area contributed by atoms with Crippen molar-refractivity contribution < 1.29 is 0 Å². The smallest absolute Gasteiger partial charge is 0.0445 e. The Morgan fingerprint density at radius 2 is 1.94 bits per heavy atom. The molecule has 1 aromatic rings. The number of benzene rings is 1. The van der Waals surface area contributed by atoms with E-state index in [0.29, 0.717) is 0 Å². The van der Waals surface area contributed by atoms with Gasteiger partial charge in [0, 0.05) is 5.54 Å². The first-order valence-electron chi connectivity index (χ1n) is 7.06. The van der Waals surface area contributed by atoms with E-state index in [1.165, 1.54) is 49.7 Å². The quantitative estimate of drug-likeness (QED) is 0.821. The zero-order chi connectivity index (χ0) is 11.9. The molecule has 0 aromatic heterocycles. The Bertz CT molecular complexity index is 406. The van der Waals surface area contributed by atoms with Crippen molar-refractivity contribution in [2.75, 3.05) is 0 Å². The van der Waals surface area contributed by atoms with Crippen LogP contribution in [0.1, 0.15) is 49.7 Å². The minimum absolute atomic E-state index is 0.00796. The Balaban J connectivity index is 1.76. The van der Waals surface area contributed by atoms with Crippen molar-refractivity contribution >= 4 is 0 Å². The lowest BCUT2D eigenvalue weighted by Gasteiger charge is -2.24. The van der Waals surface area contributed by atoms with Crippen molar-refractivity contribution in [2.45, 2.75) is 51.0 Å². The van der Waals surface area contributed by atoms with Crippen LogP contribution in [-0.4, -0.2) is 0 Å². The Labute approximate surface area is 104 Å². The monoisotopic (exact) mass is 229 g/mol. The summed E-state index contributed by atoms with van der Waals surface area (Å²) in [7, 11) is 0. The average Bonchev–Trinajstić information content (AvgIpc) is 3.05. The minimum atomic E-state index is 0.00796. The van der Waals surface area contributed by atoms with Crippen LogP contribution in [-0.2, 0) is 5.54 Å². The summed E-state index contributed by atoms with van der Waals surface area (Å²) < 4.78 is 0. The van der Waals surface area contributed by atoms with Gasteiger partial charge in [-0.05, 0) is 30.7 Å². The van der Waals surface area contributed by atoms with Crippen LogP contribution in [0.15, 0.2) is 24.3 Å². The molecular weight excluding hydrogens is 206 g/mol. The van der Waals surface area contributed by atoms with Gasteiger partial charge in [0.05, 0.1) is 0 Å². The van der Waals surface area contributed by atoms with Crippen molar-refractivity contribution in [3.63, 3.8) is 0 Å². The maximum atomic E-state index is 6.61. The first-order chi connectivity index (χ1) is 8.20. The van der Waals surface area contributed by atoms with E-state index in [1.807, 2.05) is 0 Å². The van der Waals surface area contributed by atoms with Gasteiger partial charge in [0.2, 0.25) is 0 Å². The van der Waals surface area contributed by atoms with Crippen molar-refractivity contribution in [1.82, 2.24) is 0 Å². The van der Waals surface area contributed by atoms with Crippen LogP contribution in [0.3, 0.4) is 0 Å². The molecule has 0 saturated heterocycles. The highest BCUT2D eigenvalue weighted by Gasteiger charge is 2.55. The fourth-order valence-electron chi connectivity index (χ4n) is 3.70. The van der Waals surface area contributed by atoms with Crippen LogP contribution in [0.2, 0.25) is 0 Å². The fraction of sp³-hybridized carbons (Fsp3) is 0.625.